The van der Waals surface area contributed by atoms with Crippen LogP contribution in [0.15, 0.2) is 42.5 Å². The van der Waals surface area contributed by atoms with Crippen LogP contribution in [-0.4, -0.2) is 51.5 Å². The molecular weight excluding hydrogens is 330 g/mol. The molecule has 0 atom stereocenters. The number of nitrogens with zero attached hydrogens (tertiary/aromatic N) is 2. The van der Waals surface area contributed by atoms with Gasteiger partial charge in [-0.3, -0.25) is 5.10 Å². The Bertz CT molecular complexity index is 722. The SMILES string of the molecule is Oc1ccccc1Cc1cccc2[nH]nnc12.[SiH3]O[SiH2]O[SiH3]. The molecule has 1 heterocycles. The molecule has 0 fully saturated rings. The van der Waals surface area contributed by atoms with Crippen LogP contribution in [0.4, 0.5) is 0 Å². The first-order chi connectivity index (χ1) is 10.8. The van der Waals surface area contributed by atoms with Gasteiger partial charge >= 0.3 is 0 Å². The van der Waals surface area contributed by atoms with Crippen LogP contribution in [0.2, 0.25) is 0 Å². The normalized spacial score (nSPS) is 11.1. The molecule has 0 aliphatic carbocycles. The van der Waals surface area contributed by atoms with Crippen molar-refractivity contribution >= 4 is 42.0 Å². The van der Waals surface area contributed by atoms with Gasteiger partial charge in [-0.15, -0.1) is 5.10 Å². The highest BCUT2D eigenvalue weighted by Gasteiger charge is 2.07. The molecule has 0 saturated carbocycles. The highest BCUT2D eigenvalue weighted by molar-refractivity contribution is 6.33. The van der Waals surface area contributed by atoms with E-state index >= 15 is 0 Å². The van der Waals surface area contributed by atoms with Gasteiger partial charge in [0.1, 0.15) is 32.2 Å². The summed E-state index contributed by atoms with van der Waals surface area (Å²) in [5.41, 5.74) is 3.72. The second-order valence-corrected chi connectivity index (χ2v) is 9.48. The van der Waals surface area contributed by atoms with Gasteiger partial charge in [0.05, 0.1) is 5.52 Å². The molecular formula is C13H19N3O3Si3. The maximum absolute atomic E-state index is 9.75. The number of benzene rings is 2. The van der Waals surface area contributed by atoms with E-state index in [0.29, 0.717) is 12.2 Å². The molecule has 22 heavy (non-hydrogen) atoms. The molecule has 0 amide bonds. The first kappa shape index (κ1) is 16.6. The first-order valence-corrected chi connectivity index (χ1v) is 9.58. The number of phenolic OH excluding ortho intramolecular Hbond substituents is 1. The van der Waals surface area contributed by atoms with E-state index in [1.807, 2.05) is 36.4 Å². The highest BCUT2D eigenvalue weighted by Crippen LogP contribution is 2.22. The average molecular weight is 350 g/mol. The summed E-state index contributed by atoms with van der Waals surface area (Å²) in [6.07, 6.45) is 0.649. The zero-order chi connectivity index (χ0) is 15.8. The van der Waals surface area contributed by atoms with Crippen LogP contribution in [0.3, 0.4) is 0 Å². The third kappa shape index (κ3) is 4.35. The van der Waals surface area contributed by atoms with Crippen LogP contribution in [0.25, 0.3) is 11.0 Å². The summed E-state index contributed by atoms with van der Waals surface area (Å²) >= 11 is 0. The molecule has 0 spiro atoms. The van der Waals surface area contributed by atoms with Crippen molar-refractivity contribution < 1.29 is 13.3 Å². The highest BCUT2D eigenvalue weighted by atomic mass is 28.3. The number of hydrogen-bond acceptors (Lipinski definition) is 5. The Morgan fingerprint density at radius 2 is 1.77 bits per heavy atom. The third-order valence-electron chi connectivity index (χ3n) is 3.05. The summed E-state index contributed by atoms with van der Waals surface area (Å²) in [7, 11) is 1.27. The van der Waals surface area contributed by atoms with Crippen molar-refractivity contribution in [2.45, 2.75) is 6.42 Å². The second kappa shape index (κ2) is 8.60. The Kier molecular flexibility index (Phi) is 6.48. The maximum Gasteiger partial charge on any atom is 0.282 e. The van der Waals surface area contributed by atoms with Crippen molar-refractivity contribution in [2.75, 3.05) is 0 Å². The van der Waals surface area contributed by atoms with Gasteiger partial charge < -0.3 is 13.3 Å². The molecule has 2 aromatic carbocycles. The molecule has 9 heteroatoms. The van der Waals surface area contributed by atoms with Crippen molar-refractivity contribution in [3.05, 3.63) is 53.6 Å². The zero-order valence-corrected chi connectivity index (χ0v) is 18.0. The minimum atomic E-state index is -0.444. The molecule has 3 aromatic rings. The molecule has 2 N–H and O–H groups in total. The van der Waals surface area contributed by atoms with Gasteiger partial charge in [0, 0.05) is 6.42 Å². The molecule has 116 valence electrons. The number of fused-ring (bicyclic) bond motifs is 1. The van der Waals surface area contributed by atoms with Gasteiger partial charge in [0.2, 0.25) is 0 Å². The largest absolute Gasteiger partial charge is 0.508 e. The van der Waals surface area contributed by atoms with E-state index in [4.69, 9.17) is 8.23 Å². The van der Waals surface area contributed by atoms with Gasteiger partial charge in [-0.25, -0.2) is 0 Å². The van der Waals surface area contributed by atoms with Crippen LogP contribution in [0, 0.1) is 0 Å². The van der Waals surface area contributed by atoms with Crippen molar-refractivity contribution in [1.82, 2.24) is 15.4 Å². The van der Waals surface area contributed by atoms with Crippen molar-refractivity contribution in [3.8, 4) is 5.75 Å². The smallest absolute Gasteiger partial charge is 0.282 e. The molecule has 6 nitrogen and oxygen atoms in total. The Hall–Kier alpha value is -1.79. The van der Waals surface area contributed by atoms with Crippen LogP contribution < -0.4 is 0 Å². The van der Waals surface area contributed by atoms with Gasteiger partial charge in [-0.05, 0) is 23.3 Å². The molecule has 0 aliphatic heterocycles. The zero-order valence-electron chi connectivity index (χ0n) is 12.6. The number of phenols is 1. The summed E-state index contributed by atoms with van der Waals surface area (Å²) < 4.78 is 9.56. The molecule has 0 unspecified atom stereocenters. The Morgan fingerprint density at radius 3 is 2.45 bits per heavy atom. The Morgan fingerprint density at radius 1 is 1.05 bits per heavy atom. The van der Waals surface area contributed by atoms with Crippen LogP contribution in [0.1, 0.15) is 11.1 Å². The lowest BCUT2D eigenvalue weighted by molar-refractivity contribution is 0.469. The quantitative estimate of drug-likeness (QED) is 0.581. The molecule has 0 radical (unpaired) electrons. The number of aromatic nitrogens is 3. The third-order valence-corrected chi connectivity index (χ3v) is 4.93. The lowest BCUT2D eigenvalue weighted by Crippen LogP contribution is -1.96. The minimum absolute atomic E-state index is 0.313. The van der Waals surface area contributed by atoms with Crippen LogP contribution in [0.5, 0.6) is 5.75 Å². The van der Waals surface area contributed by atoms with Crippen LogP contribution >= 0.6 is 0 Å². The van der Waals surface area contributed by atoms with Gasteiger partial charge in [-0.2, -0.15) is 0 Å². The Balaban J connectivity index is 0.000000309. The van der Waals surface area contributed by atoms with E-state index in [1.54, 1.807) is 6.07 Å². The molecule has 0 bridgehead atoms. The number of nitrogens with one attached hydrogen (secondary N) is 1. The predicted octanol–water partition coefficient (Wildman–Crippen LogP) is -1.17. The first-order valence-electron chi connectivity index (χ1n) is 6.79. The van der Waals surface area contributed by atoms with Crippen molar-refractivity contribution in [2.24, 2.45) is 0 Å². The number of para-hydroxylation sites is 1. The summed E-state index contributed by atoms with van der Waals surface area (Å²) in [6, 6.07) is 13.2. The van der Waals surface area contributed by atoms with E-state index in [9.17, 15) is 5.11 Å². The fourth-order valence-electron chi connectivity index (χ4n) is 2.05. The summed E-state index contributed by atoms with van der Waals surface area (Å²) in [6.45, 7) is 0. The van der Waals surface area contributed by atoms with Crippen molar-refractivity contribution in [3.63, 3.8) is 0 Å². The molecule has 0 saturated heterocycles. The number of aromatic hydroxyl groups is 1. The number of H-pyrrole nitrogens is 1. The maximum atomic E-state index is 9.75. The standard InChI is InChI=1S/C13H11N3O.H8O2Si3/c17-12-7-2-1-4-9(12)8-10-5-3-6-11-13(10)15-16-14-11;3-1-5-2-4/h1-7,17H,8H2,(H,14,15,16);5H2,3-4H3. The summed E-state index contributed by atoms with van der Waals surface area (Å²) in [5, 5.41) is 20.4. The number of hydrogen-bond donors (Lipinski definition) is 2. The topological polar surface area (TPSA) is 80.3 Å². The van der Waals surface area contributed by atoms with Gasteiger partial charge in [-0.1, -0.05) is 35.5 Å². The minimum Gasteiger partial charge on any atom is -0.508 e. The Labute approximate surface area is 137 Å². The van der Waals surface area contributed by atoms with E-state index in [0.717, 1.165) is 43.1 Å². The fraction of sp³-hybridized carbons (Fsp3) is 0.0769. The average Bonchev–Trinajstić information content (AvgIpc) is 3.01. The van der Waals surface area contributed by atoms with Gasteiger partial charge in [0.25, 0.3) is 10.0 Å². The van der Waals surface area contributed by atoms with Crippen molar-refractivity contribution in [1.29, 1.82) is 0 Å². The predicted molar refractivity (Wildman–Crippen MR) is 95.4 cm³/mol. The summed E-state index contributed by atoms with van der Waals surface area (Å²) in [4.78, 5) is 0. The van der Waals surface area contributed by atoms with E-state index in [-0.39, 0.29) is 0 Å². The summed E-state index contributed by atoms with van der Waals surface area (Å²) in [5.74, 6) is 0.313. The van der Waals surface area contributed by atoms with E-state index in [2.05, 4.69) is 15.4 Å². The lowest BCUT2D eigenvalue weighted by Gasteiger charge is -2.04. The lowest BCUT2D eigenvalue weighted by atomic mass is 10.0. The molecule has 1 aromatic heterocycles. The number of aromatic amines is 1. The number of rotatable bonds is 4. The second-order valence-electron chi connectivity index (χ2n) is 4.63. The van der Waals surface area contributed by atoms with E-state index < -0.39 is 10.0 Å². The van der Waals surface area contributed by atoms with Gasteiger partial charge in [0.15, 0.2) is 0 Å². The fourth-order valence-corrected chi connectivity index (χ4v) is 5.12. The molecule has 0 aliphatic rings. The van der Waals surface area contributed by atoms with Crippen LogP contribution in [-0.2, 0) is 14.7 Å². The monoisotopic (exact) mass is 349 g/mol. The molecule has 3 rings (SSSR count). The van der Waals surface area contributed by atoms with E-state index in [1.165, 1.54) is 0 Å².